The van der Waals surface area contributed by atoms with E-state index in [2.05, 4.69) is 30.1 Å². The predicted molar refractivity (Wildman–Crippen MR) is 150 cm³/mol. The zero-order chi connectivity index (χ0) is 26.6. The molecule has 0 bridgehead atoms. The van der Waals surface area contributed by atoms with Gasteiger partial charge in [-0.2, -0.15) is 0 Å². The zero-order valence-corrected chi connectivity index (χ0v) is 21.2. The van der Waals surface area contributed by atoms with Gasteiger partial charge in [0.25, 0.3) is 5.91 Å². The maximum absolute atomic E-state index is 13.6. The SMILES string of the molecule is O=C(Nc1ccc(N2CCOCC2)cc1)c1cncnc1Nc1ccc2c(ccn2Cc2cccc(F)c2)c1. The van der Waals surface area contributed by atoms with E-state index in [0.717, 1.165) is 54.1 Å². The van der Waals surface area contributed by atoms with Crippen LogP contribution in [-0.4, -0.2) is 46.7 Å². The summed E-state index contributed by atoms with van der Waals surface area (Å²) in [6, 6.07) is 22.3. The van der Waals surface area contributed by atoms with Crippen LogP contribution < -0.4 is 15.5 Å². The number of ether oxygens (including phenoxy) is 1. The molecule has 0 unspecified atom stereocenters. The Morgan fingerprint density at radius 1 is 0.974 bits per heavy atom. The number of amides is 1. The molecule has 0 spiro atoms. The second kappa shape index (κ2) is 10.9. The van der Waals surface area contributed by atoms with Crippen molar-refractivity contribution in [2.45, 2.75) is 6.54 Å². The van der Waals surface area contributed by atoms with Gasteiger partial charge in [-0.25, -0.2) is 14.4 Å². The minimum Gasteiger partial charge on any atom is -0.378 e. The van der Waals surface area contributed by atoms with E-state index in [1.54, 1.807) is 12.1 Å². The third-order valence-corrected chi connectivity index (χ3v) is 6.73. The first-order valence-corrected chi connectivity index (χ1v) is 12.8. The molecule has 196 valence electrons. The summed E-state index contributed by atoms with van der Waals surface area (Å²) in [5.74, 6) is -0.143. The summed E-state index contributed by atoms with van der Waals surface area (Å²) in [6.07, 6.45) is 4.89. The minimum atomic E-state index is -0.306. The Balaban J connectivity index is 1.16. The number of morpholine rings is 1. The molecule has 2 aromatic heterocycles. The van der Waals surface area contributed by atoms with Crippen molar-refractivity contribution in [3.8, 4) is 0 Å². The van der Waals surface area contributed by atoms with Crippen LogP contribution in [0.1, 0.15) is 15.9 Å². The third kappa shape index (κ3) is 5.58. The summed E-state index contributed by atoms with van der Waals surface area (Å²) in [7, 11) is 0. The number of fused-ring (bicyclic) bond motifs is 1. The molecule has 39 heavy (non-hydrogen) atoms. The maximum atomic E-state index is 13.6. The molecular formula is C30H27FN6O2. The number of halogens is 1. The van der Waals surface area contributed by atoms with Gasteiger partial charge in [-0.05, 0) is 66.2 Å². The second-order valence-electron chi connectivity index (χ2n) is 9.36. The van der Waals surface area contributed by atoms with Crippen molar-refractivity contribution in [2.24, 2.45) is 0 Å². The molecule has 1 aliphatic heterocycles. The largest absolute Gasteiger partial charge is 0.378 e. The van der Waals surface area contributed by atoms with Crippen molar-refractivity contribution in [1.29, 1.82) is 0 Å². The number of nitrogens with one attached hydrogen (secondary N) is 2. The molecule has 1 fully saturated rings. The van der Waals surface area contributed by atoms with Crippen LogP contribution in [0.3, 0.4) is 0 Å². The van der Waals surface area contributed by atoms with E-state index >= 15 is 0 Å². The first kappa shape index (κ1) is 24.6. The highest BCUT2D eigenvalue weighted by Gasteiger charge is 2.15. The van der Waals surface area contributed by atoms with Crippen molar-refractivity contribution in [3.05, 3.63) is 108 Å². The van der Waals surface area contributed by atoms with Gasteiger partial charge in [0.15, 0.2) is 0 Å². The third-order valence-electron chi connectivity index (χ3n) is 6.73. The molecular weight excluding hydrogens is 495 g/mol. The molecule has 0 saturated carbocycles. The van der Waals surface area contributed by atoms with Gasteiger partial charge in [0.2, 0.25) is 0 Å². The quantitative estimate of drug-likeness (QED) is 0.296. The fourth-order valence-corrected chi connectivity index (χ4v) is 4.76. The van der Waals surface area contributed by atoms with Gasteiger partial charge < -0.3 is 24.8 Å². The Bertz CT molecular complexity index is 1610. The molecule has 0 radical (unpaired) electrons. The number of hydrogen-bond donors (Lipinski definition) is 2. The normalized spacial score (nSPS) is 13.4. The summed E-state index contributed by atoms with van der Waals surface area (Å²) in [6.45, 7) is 3.71. The molecule has 1 saturated heterocycles. The smallest absolute Gasteiger partial charge is 0.261 e. The maximum Gasteiger partial charge on any atom is 0.261 e. The van der Waals surface area contributed by atoms with Crippen molar-refractivity contribution in [1.82, 2.24) is 14.5 Å². The summed E-state index contributed by atoms with van der Waals surface area (Å²) in [4.78, 5) is 23.8. The Morgan fingerprint density at radius 2 is 1.79 bits per heavy atom. The van der Waals surface area contributed by atoms with E-state index in [1.165, 1.54) is 18.6 Å². The second-order valence-corrected chi connectivity index (χ2v) is 9.36. The Kier molecular flexibility index (Phi) is 6.88. The number of anilines is 4. The predicted octanol–water partition coefficient (Wildman–Crippen LogP) is 5.45. The molecule has 2 N–H and O–H groups in total. The van der Waals surface area contributed by atoms with Crippen LogP contribution in [0, 0.1) is 5.82 Å². The van der Waals surface area contributed by atoms with Crippen molar-refractivity contribution in [2.75, 3.05) is 41.8 Å². The summed E-state index contributed by atoms with van der Waals surface area (Å²) in [5, 5.41) is 7.21. The highest BCUT2D eigenvalue weighted by atomic mass is 19.1. The number of aromatic nitrogens is 3. The number of carbonyl (C=O) groups is 1. The lowest BCUT2D eigenvalue weighted by Gasteiger charge is -2.28. The molecule has 6 rings (SSSR count). The van der Waals surface area contributed by atoms with Gasteiger partial charge in [0.1, 0.15) is 23.5 Å². The van der Waals surface area contributed by atoms with Crippen molar-refractivity contribution in [3.63, 3.8) is 0 Å². The van der Waals surface area contributed by atoms with Crippen LogP contribution in [-0.2, 0) is 11.3 Å². The fourth-order valence-electron chi connectivity index (χ4n) is 4.76. The molecule has 1 amide bonds. The van der Waals surface area contributed by atoms with E-state index < -0.39 is 0 Å². The molecule has 8 nitrogen and oxygen atoms in total. The standard InChI is InChI=1S/C30H27FN6O2/c31-23-3-1-2-21(16-23)19-37-11-10-22-17-25(6-9-28(22)37)34-29-27(18-32-20-33-29)30(38)35-24-4-7-26(8-5-24)36-12-14-39-15-13-36/h1-11,16-18,20H,12-15,19H2,(H,35,38)(H,32,33,34). The minimum absolute atomic E-state index is 0.245. The van der Waals surface area contributed by atoms with Crippen LogP contribution in [0.4, 0.5) is 27.3 Å². The van der Waals surface area contributed by atoms with E-state index in [-0.39, 0.29) is 11.7 Å². The van der Waals surface area contributed by atoms with Gasteiger partial charge in [-0.15, -0.1) is 0 Å². The van der Waals surface area contributed by atoms with Crippen molar-refractivity contribution >= 4 is 39.7 Å². The summed E-state index contributed by atoms with van der Waals surface area (Å²) < 4.78 is 21.1. The fraction of sp³-hybridized carbons (Fsp3) is 0.167. The number of hydrogen-bond acceptors (Lipinski definition) is 6. The Labute approximate surface area is 225 Å². The summed E-state index contributed by atoms with van der Waals surface area (Å²) in [5.41, 5.74) is 4.81. The van der Waals surface area contributed by atoms with Crippen LogP contribution in [0.15, 0.2) is 91.5 Å². The lowest BCUT2D eigenvalue weighted by atomic mass is 10.2. The topological polar surface area (TPSA) is 84.3 Å². The van der Waals surface area contributed by atoms with Gasteiger partial charge in [-0.1, -0.05) is 12.1 Å². The van der Waals surface area contributed by atoms with Gasteiger partial charge in [0, 0.05) is 60.0 Å². The lowest BCUT2D eigenvalue weighted by molar-refractivity contribution is 0.102. The van der Waals surface area contributed by atoms with E-state index in [9.17, 15) is 9.18 Å². The molecule has 3 aromatic carbocycles. The molecule has 0 aliphatic carbocycles. The molecule has 3 heterocycles. The average Bonchev–Trinajstić information content (AvgIpc) is 3.36. The monoisotopic (exact) mass is 522 g/mol. The van der Waals surface area contributed by atoms with E-state index in [0.29, 0.717) is 23.6 Å². The number of benzene rings is 3. The first-order valence-electron chi connectivity index (χ1n) is 12.8. The van der Waals surface area contributed by atoms with Gasteiger partial charge in [-0.3, -0.25) is 4.79 Å². The number of nitrogens with zero attached hydrogens (tertiary/aromatic N) is 4. The van der Waals surface area contributed by atoms with Crippen LogP contribution in [0.25, 0.3) is 10.9 Å². The highest BCUT2D eigenvalue weighted by Crippen LogP contribution is 2.26. The zero-order valence-electron chi connectivity index (χ0n) is 21.2. The summed E-state index contributed by atoms with van der Waals surface area (Å²) >= 11 is 0. The molecule has 9 heteroatoms. The number of carbonyl (C=O) groups excluding carboxylic acids is 1. The van der Waals surface area contributed by atoms with Crippen LogP contribution in [0.2, 0.25) is 0 Å². The molecule has 1 aliphatic rings. The van der Waals surface area contributed by atoms with Crippen molar-refractivity contribution < 1.29 is 13.9 Å². The Hall–Kier alpha value is -4.76. The molecule has 0 atom stereocenters. The average molecular weight is 523 g/mol. The molecule has 5 aromatic rings. The lowest BCUT2D eigenvalue weighted by Crippen LogP contribution is -2.36. The highest BCUT2D eigenvalue weighted by molar-refractivity contribution is 6.07. The van der Waals surface area contributed by atoms with E-state index in [1.807, 2.05) is 60.8 Å². The number of rotatable bonds is 7. The Morgan fingerprint density at radius 3 is 2.62 bits per heavy atom. The van der Waals surface area contributed by atoms with Gasteiger partial charge in [0.05, 0.1) is 13.2 Å². The first-order chi connectivity index (χ1) is 19.1. The van der Waals surface area contributed by atoms with Crippen LogP contribution in [0.5, 0.6) is 0 Å². The van der Waals surface area contributed by atoms with E-state index in [4.69, 9.17) is 4.74 Å². The van der Waals surface area contributed by atoms with Gasteiger partial charge >= 0.3 is 0 Å². The van der Waals surface area contributed by atoms with Crippen LogP contribution >= 0.6 is 0 Å².